The van der Waals surface area contributed by atoms with Crippen LogP contribution in [0.5, 0.6) is 17.2 Å². The second-order valence-corrected chi connectivity index (χ2v) is 24.7. The van der Waals surface area contributed by atoms with Crippen molar-refractivity contribution in [3.8, 4) is 17.2 Å². The van der Waals surface area contributed by atoms with E-state index in [4.69, 9.17) is 28.1 Å². The Hall–Kier alpha value is -6.06. The van der Waals surface area contributed by atoms with Crippen LogP contribution in [0.15, 0.2) is 84.7 Å². The van der Waals surface area contributed by atoms with Crippen LogP contribution in [0, 0.1) is 13.8 Å². The fourth-order valence-electron chi connectivity index (χ4n) is 8.98. The third-order valence-corrected chi connectivity index (χ3v) is 18.2. The Labute approximate surface area is 402 Å². The van der Waals surface area contributed by atoms with Crippen LogP contribution in [0.2, 0.25) is 18.1 Å². The number of carbonyl (C=O) groups is 4. The molecule has 7 rings (SSSR count). The lowest BCUT2D eigenvalue weighted by molar-refractivity contribution is 0.0589. The third-order valence-electron chi connectivity index (χ3n) is 13.8. The highest BCUT2D eigenvalue weighted by Gasteiger charge is 2.51. The van der Waals surface area contributed by atoms with Gasteiger partial charge in [-0.3, -0.25) is 14.5 Å². The molecule has 0 bridgehead atoms. The predicted octanol–water partition coefficient (Wildman–Crippen LogP) is 11.2. The summed E-state index contributed by atoms with van der Waals surface area (Å²) in [5.74, 6) is 0.880. The van der Waals surface area contributed by atoms with Crippen LogP contribution in [-0.2, 0) is 20.5 Å². The van der Waals surface area contributed by atoms with Crippen LogP contribution in [0.25, 0.3) is 0 Å². The lowest BCUT2D eigenvalue weighted by Gasteiger charge is -2.44. The van der Waals surface area contributed by atoms with E-state index < -0.39 is 38.8 Å². The van der Waals surface area contributed by atoms with Crippen molar-refractivity contribution in [1.29, 1.82) is 0 Å². The van der Waals surface area contributed by atoms with Crippen molar-refractivity contribution in [1.82, 2.24) is 9.80 Å². The zero-order valence-electron chi connectivity index (χ0n) is 41.6. The van der Waals surface area contributed by atoms with Crippen LogP contribution >= 0.6 is 0 Å². The minimum Gasteiger partial charge on any atom is -0.493 e. The van der Waals surface area contributed by atoms with E-state index in [1.807, 2.05) is 71.3 Å². The minimum absolute atomic E-state index is 0.00701. The Morgan fingerprint density at radius 3 is 1.93 bits per heavy atom. The fourth-order valence-corrected chi connectivity index (χ4v) is 10.2. The van der Waals surface area contributed by atoms with Crippen molar-refractivity contribution in [3.05, 3.63) is 113 Å². The number of unbranched alkanes of at least 4 members (excludes halogenated alkanes) is 2. The molecular weight excluding hydrogens is 881 g/mol. The standard InChI is InChI=1S/C53H68N4O10Si/c1-13-21-65-52(61)57-43-28-45(36(5)26-39(43)48(58)55-31-35(4)25-44(55)50(57)67-68(11,12)53(7,8)9)63-22-15-14-16-23-64-47-29-42-40(27-46(47)62-10)49(59)54-30-34(3)24-41(54)37(6)56(42)51(60)66-32-38-19-17-33(2)18-20-38/h13,17-20,26-31,37,41,44,50H,1,14-16,21-25,32H2,2-12H3/t37-,41-,44-,50-/m0/s1. The number of aryl methyl sites for hydroxylation is 2. The van der Waals surface area contributed by atoms with E-state index in [0.717, 1.165) is 34.3 Å². The van der Waals surface area contributed by atoms with E-state index in [1.165, 1.54) is 18.1 Å². The lowest BCUT2D eigenvalue weighted by Crippen LogP contribution is -2.57. The third kappa shape index (κ3) is 10.2. The maximum absolute atomic E-state index is 14.4. The quantitative estimate of drug-likeness (QED) is 0.0822. The molecule has 0 radical (unpaired) electrons. The number of carbonyl (C=O) groups excluding carboxylic acids is 4. The fraction of sp³-hybridized carbons (Fsp3) is 0.472. The van der Waals surface area contributed by atoms with E-state index in [-0.39, 0.29) is 36.1 Å². The minimum atomic E-state index is -2.51. The summed E-state index contributed by atoms with van der Waals surface area (Å²) in [6.45, 7) is 25.0. The van der Waals surface area contributed by atoms with Gasteiger partial charge in [0.15, 0.2) is 26.0 Å². The van der Waals surface area contributed by atoms with Gasteiger partial charge in [0.2, 0.25) is 0 Å². The topological polar surface area (TPSA) is 137 Å². The molecule has 4 aliphatic heterocycles. The molecule has 4 amide bonds. The summed E-state index contributed by atoms with van der Waals surface area (Å²) in [6, 6.07) is 13.6. The number of fused-ring (bicyclic) bond motifs is 4. The van der Waals surface area contributed by atoms with E-state index >= 15 is 0 Å². The molecular formula is C53H68N4O10Si. The molecule has 4 heterocycles. The number of nitrogens with zero attached hydrogens (tertiary/aromatic N) is 4. The number of ether oxygens (including phenoxy) is 5. The predicted molar refractivity (Wildman–Crippen MR) is 265 cm³/mol. The van der Waals surface area contributed by atoms with Crippen molar-refractivity contribution in [2.75, 3.05) is 36.7 Å². The van der Waals surface area contributed by atoms with E-state index in [9.17, 15) is 19.2 Å². The van der Waals surface area contributed by atoms with Crippen molar-refractivity contribution < 1.29 is 47.3 Å². The highest BCUT2D eigenvalue weighted by molar-refractivity contribution is 6.74. The van der Waals surface area contributed by atoms with Crippen molar-refractivity contribution in [3.63, 3.8) is 0 Å². The largest absolute Gasteiger partial charge is 0.493 e. The van der Waals surface area contributed by atoms with Gasteiger partial charge < -0.3 is 37.9 Å². The van der Waals surface area contributed by atoms with Crippen molar-refractivity contribution in [2.24, 2.45) is 0 Å². The van der Waals surface area contributed by atoms with Gasteiger partial charge in [-0.05, 0) is 108 Å². The van der Waals surface area contributed by atoms with Gasteiger partial charge in [-0.1, -0.05) is 74.4 Å². The molecule has 15 heteroatoms. The first-order chi connectivity index (χ1) is 32.2. The van der Waals surface area contributed by atoms with Gasteiger partial charge in [-0.25, -0.2) is 14.5 Å². The SMILES string of the molecule is C=CCOC(=O)N1c2cc(OCCCCCOc3cc4c(cc3OC)C(=O)N3C=C(C)C[C@H]3[C@H](C)N4C(=O)OCc3ccc(C)cc3)c(C)cc2C(=O)N2C=C(C)C[C@H]2[C@@H]1O[Si](C)(C)C(C)(C)C. The summed E-state index contributed by atoms with van der Waals surface area (Å²) in [4.78, 5) is 63.2. The molecule has 3 aromatic rings. The molecule has 0 saturated heterocycles. The number of methoxy groups -OCH3 is 1. The van der Waals surface area contributed by atoms with Gasteiger partial charge in [0.1, 0.15) is 19.0 Å². The summed E-state index contributed by atoms with van der Waals surface area (Å²) in [6.07, 6.45) is 6.51. The molecule has 0 aliphatic carbocycles. The summed E-state index contributed by atoms with van der Waals surface area (Å²) in [7, 11) is -0.982. The number of hydrogen-bond acceptors (Lipinski definition) is 10. The Balaban J connectivity index is 1.06. The van der Waals surface area contributed by atoms with E-state index in [1.54, 1.807) is 39.0 Å². The highest BCUT2D eigenvalue weighted by atomic mass is 28.4. The molecule has 3 aromatic carbocycles. The van der Waals surface area contributed by atoms with E-state index in [2.05, 4.69) is 40.4 Å². The Kier molecular flexibility index (Phi) is 14.8. The van der Waals surface area contributed by atoms with Gasteiger partial charge in [0.05, 0.1) is 61.0 Å². The Morgan fingerprint density at radius 1 is 0.750 bits per heavy atom. The number of rotatable bonds is 15. The Morgan fingerprint density at radius 2 is 1.31 bits per heavy atom. The second-order valence-electron chi connectivity index (χ2n) is 20.0. The van der Waals surface area contributed by atoms with Crippen LogP contribution in [0.3, 0.4) is 0 Å². The van der Waals surface area contributed by atoms with Gasteiger partial charge in [-0.2, -0.15) is 0 Å². The first-order valence-corrected chi connectivity index (χ1v) is 26.5. The number of amides is 4. The van der Waals surface area contributed by atoms with Crippen LogP contribution in [0.1, 0.15) is 111 Å². The lowest BCUT2D eigenvalue weighted by atomic mass is 10.0. The molecule has 0 saturated carbocycles. The molecule has 0 aromatic heterocycles. The number of anilines is 2. The van der Waals surface area contributed by atoms with Crippen molar-refractivity contribution in [2.45, 2.75) is 137 Å². The normalized spacial score (nSPS) is 20.0. The molecule has 0 spiro atoms. The van der Waals surface area contributed by atoms with Gasteiger partial charge in [0.25, 0.3) is 11.8 Å². The Bertz CT molecular complexity index is 2490. The highest BCUT2D eigenvalue weighted by Crippen LogP contribution is 2.45. The molecule has 0 fully saturated rings. The molecule has 68 heavy (non-hydrogen) atoms. The first-order valence-electron chi connectivity index (χ1n) is 23.6. The average Bonchev–Trinajstić information content (AvgIpc) is 3.85. The smallest absolute Gasteiger partial charge is 0.416 e. The zero-order chi connectivity index (χ0) is 49.2. The molecule has 4 aliphatic rings. The second kappa shape index (κ2) is 20.3. The van der Waals surface area contributed by atoms with Crippen LogP contribution in [-0.4, -0.2) is 93.4 Å². The molecule has 4 atom stereocenters. The maximum atomic E-state index is 14.4. The van der Waals surface area contributed by atoms with E-state index in [0.29, 0.717) is 78.6 Å². The zero-order valence-corrected chi connectivity index (χ0v) is 42.6. The monoisotopic (exact) mass is 948 g/mol. The summed E-state index contributed by atoms with van der Waals surface area (Å²) in [5, 5.41) is -0.180. The van der Waals surface area contributed by atoms with Gasteiger partial charge in [-0.15, -0.1) is 0 Å². The maximum Gasteiger partial charge on any atom is 0.416 e. The van der Waals surface area contributed by atoms with Crippen LogP contribution in [0.4, 0.5) is 21.0 Å². The summed E-state index contributed by atoms with van der Waals surface area (Å²) < 4.78 is 37.2. The molecule has 0 unspecified atom stereocenters. The van der Waals surface area contributed by atoms with Gasteiger partial charge >= 0.3 is 12.2 Å². The number of hydrogen-bond donors (Lipinski definition) is 0. The van der Waals surface area contributed by atoms with Crippen LogP contribution < -0.4 is 24.0 Å². The summed E-state index contributed by atoms with van der Waals surface area (Å²) >= 11 is 0. The molecule has 364 valence electrons. The average molecular weight is 949 g/mol. The molecule has 14 nitrogen and oxygen atoms in total. The van der Waals surface area contributed by atoms with Crippen molar-refractivity contribution >= 4 is 43.7 Å². The first kappa shape index (κ1) is 49.8. The number of benzene rings is 3. The summed E-state index contributed by atoms with van der Waals surface area (Å²) in [5.41, 5.74) is 6.25. The molecule has 0 N–H and O–H groups in total. The van der Waals surface area contributed by atoms with Gasteiger partial charge in [0, 0.05) is 24.5 Å².